The Morgan fingerprint density at radius 1 is 1.27 bits per heavy atom. The molecule has 1 aliphatic rings. The Morgan fingerprint density at radius 3 is 2.78 bits per heavy atom. The number of hydrogen-bond acceptors (Lipinski definition) is 8. The lowest BCUT2D eigenvalue weighted by molar-refractivity contribution is -0.138. The number of ether oxygens (including phenoxy) is 2. The predicted molar refractivity (Wildman–Crippen MR) is 162 cm³/mol. The van der Waals surface area contributed by atoms with E-state index in [1.54, 1.807) is 13.2 Å². The van der Waals surface area contributed by atoms with Crippen LogP contribution < -0.4 is 15.8 Å². The van der Waals surface area contributed by atoms with Gasteiger partial charge in [-0.25, -0.2) is 14.6 Å². The topological polar surface area (TPSA) is 120 Å². The summed E-state index contributed by atoms with van der Waals surface area (Å²) in [4.78, 5) is 24.4. The van der Waals surface area contributed by atoms with E-state index in [0.29, 0.717) is 53.6 Å². The molecule has 2 aromatic heterocycles. The molecular weight excluding hydrogens is 518 g/mol. The first kappa shape index (κ1) is 30.0. The first-order valence-electron chi connectivity index (χ1n) is 14.1. The highest BCUT2D eigenvalue weighted by Crippen LogP contribution is 2.35. The highest BCUT2D eigenvalue weighted by atomic mass is 16.5. The number of allylic oxidation sites excluding steroid dienone is 4. The van der Waals surface area contributed by atoms with Gasteiger partial charge in [-0.15, -0.1) is 0 Å². The minimum absolute atomic E-state index is 0.0276. The summed E-state index contributed by atoms with van der Waals surface area (Å²) in [5.41, 5.74) is 8.61. The van der Waals surface area contributed by atoms with Crippen LogP contribution in [0.4, 0.5) is 5.82 Å². The van der Waals surface area contributed by atoms with Crippen molar-refractivity contribution in [3.05, 3.63) is 67.2 Å². The number of likely N-dealkylation sites (tertiary alicyclic amines) is 1. The standard InChI is InChI=1S/C31H41N7O3/c1-5-7-10-25(6-2)41-26-13-11-22(12-14-26)28-27-29(32)34-21-35-30(27)38(36-28)24-9-8-18-37(20-24)31(39)23(15-17-33-3)16-19-40-4/h5-7,10-14,21,23-24,33H,2,8-9,15-20H2,1,3-4H3,(H2,32,34,35)/b7-5-,25-10+. The van der Waals surface area contributed by atoms with Crippen molar-refractivity contribution in [1.82, 2.24) is 30.0 Å². The molecule has 218 valence electrons. The van der Waals surface area contributed by atoms with Gasteiger partial charge in [-0.3, -0.25) is 4.79 Å². The highest BCUT2D eigenvalue weighted by Gasteiger charge is 2.31. The average Bonchev–Trinajstić information content (AvgIpc) is 3.40. The maximum Gasteiger partial charge on any atom is 0.225 e. The van der Waals surface area contributed by atoms with Gasteiger partial charge in [0, 0.05) is 38.3 Å². The third kappa shape index (κ3) is 7.20. The van der Waals surface area contributed by atoms with Crippen LogP contribution in [0.15, 0.2) is 67.2 Å². The molecule has 2 atom stereocenters. The van der Waals surface area contributed by atoms with E-state index in [2.05, 4.69) is 21.9 Å². The van der Waals surface area contributed by atoms with Crippen LogP contribution in [0.25, 0.3) is 22.3 Å². The van der Waals surface area contributed by atoms with Gasteiger partial charge in [0.15, 0.2) is 5.65 Å². The average molecular weight is 560 g/mol. The van der Waals surface area contributed by atoms with Gasteiger partial charge in [-0.1, -0.05) is 18.7 Å². The molecule has 41 heavy (non-hydrogen) atoms. The lowest BCUT2D eigenvalue weighted by Gasteiger charge is -2.35. The Kier molecular flexibility index (Phi) is 10.6. The SMILES string of the molecule is C=C/C(=C\C=C/C)Oc1ccc(-c2nn(C3CCCN(C(=O)C(CCNC)CCOC)C3)c3ncnc(N)c23)cc1. The molecule has 0 aliphatic carbocycles. The van der Waals surface area contributed by atoms with E-state index in [9.17, 15) is 4.79 Å². The number of methoxy groups -OCH3 is 1. The third-order valence-corrected chi connectivity index (χ3v) is 7.35. The van der Waals surface area contributed by atoms with Gasteiger partial charge in [-0.2, -0.15) is 5.10 Å². The van der Waals surface area contributed by atoms with Crippen LogP contribution >= 0.6 is 0 Å². The molecule has 4 rings (SSSR count). The molecule has 0 bridgehead atoms. The Morgan fingerprint density at radius 2 is 2.07 bits per heavy atom. The van der Waals surface area contributed by atoms with Crippen molar-refractivity contribution in [1.29, 1.82) is 0 Å². The summed E-state index contributed by atoms with van der Waals surface area (Å²) < 4.78 is 13.2. The van der Waals surface area contributed by atoms with E-state index in [1.165, 1.54) is 6.33 Å². The summed E-state index contributed by atoms with van der Waals surface area (Å²) in [5.74, 6) is 1.79. The van der Waals surface area contributed by atoms with E-state index in [0.717, 1.165) is 37.9 Å². The second-order valence-electron chi connectivity index (χ2n) is 10.1. The number of carbonyl (C=O) groups excluding carboxylic acids is 1. The lowest BCUT2D eigenvalue weighted by Crippen LogP contribution is -2.44. The van der Waals surface area contributed by atoms with Gasteiger partial charge in [-0.05, 0) is 82.6 Å². The quantitative estimate of drug-likeness (QED) is 0.232. The largest absolute Gasteiger partial charge is 0.457 e. The molecule has 0 radical (unpaired) electrons. The fourth-order valence-electron chi connectivity index (χ4n) is 5.19. The van der Waals surface area contributed by atoms with Crippen LogP contribution in [0.2, 0.25) is 0 Å². The maximum absolute atomic E-state index is 13.6. The van der Waals surface area contributed by atoms with Crippen molar-refractivity contribution in [2.45, 2.75) is 38.6 Å². The number of anilines is 1. The van der Waals surface area contributed by atoms with Gasteiger partial charge in [0.25, 0.3) is 0 Å². The number of fused-ring (bicyclic) bond motifs is 1. The molecule has 0 spiro atoms. The zero-order valence-corrected chi connectivity index (χ0v) is 24.3. The number of aromatic nitrogens is 4. The minimum atomic E-state index is -0.0841. The number of amides is 1. The fourth-order valence-corrected chi connectivity index (χ4v) is 5.19. The number of nitrogens with two attached hydrogens (primary N) is 1. The van der Waals surface area contributed by atoms with Crippen molar-refractivity contribution in [2.75, 3.05) is 46.1 Å². The van der Waals surface area contributed by atoms with E-state index >= 15 is 0 Å². The van der Waals surface area contributed by atoms with E-state index in [-0.39, 0.29) is 17.9 Å². The number of piperidine rings is 1. The Hall–Kier alpha value is -4.02. The summed E-state index contributed by atoms with van der Waals surface area (Å²) in [6, 6.07) is 7.64. The monoisotopic (exact) mass is 559 g/mol. The first-order chi connectivity index (χ1) is 20.0. The van der Waals surface area contributed by atoms with Crippen molar-refractivity contribution in [2.24, 2.45) is 5.92 Å². The van der Waals surface area contributed by atoms with Crippen LogP contribution in [-0.4, -0.2) is 71.0 Å². The van der Waals surface area contributed by atoms with Crippen LogP contribution in [0.5, 0.6) is 5.75 Å². The second-order valence-corrected chi connectivity index (χ2v) is 10.1. The maximum atomic E-state index is 13.6. The molecule has 0 saturated carbocycles. The van der Waals surface area contributed by atoms with E-state index < -0.39 is 0 Å². The molecule has 1 aliphatic heterocycles. The molecule has 1 saturated heterocycles. The molecule has 10 nitrogen and oxygen atoms in total. The molecule has 1 aromatic carbocycles. The lowest BCUT2D eigenvalue weighted by atomic mass is 9.97. The number of benzene rings is 1. The van der Waals surface area contributed by atoms with Gasteiger partial charge < -0.3 is 25.4 Å². The van der Waals surface area contributed by atoms with Gasteiger partial charge in [0.05, 0.1) is 11.4 Å². The summed E-state index contributed by atoms with van der Waals surface area (Å²) in [5, 5.41) is 8.89. The Bertz CT molecular complexity index is 1370. The Balaban J connectivity index is 1.61. The first-order valence-corrected chi connectivity index (χ1v) is 14.1. The summed E-state index contributed by atoms with van der Waals surface area (Å²) in [6.45, 7) is 8.41. The van der Waals surface area contributed by atoms with Crippen molar-refractivity contribution in [3.8, 4) is 17.0 Å². The van der Waals surface area contributed by atoms with Crippen LogP contribution in [0.3, 0.4) is 0 Å². The highest BCUT2D eigenvalue weighted by molar-refractivity contribution is 5.98. The second kappa shape index (κ2) is 14.6. The molecule has 3 N–H and O–H groups in total. The third-order valence-electron chi connectivity index (χ3n) is 7.35. The summed E-state index contributed by atoms with van der Waals surface area (Å²) in [7, 11) is 3.58. The smallest absolute Gasteiger partial charge is 0.225 e. The Labute approximate surface area is 241 Å². The molecule has 10 heteroatoms. The van der Waals surface area contributed by atoms with Crippen LogP contribution in [0, 0.1) is 5.92 Å². The number of nitrogen functional groups attached to an aromatic ring is 1. The molecule has 3 aromatic rings. The van der Waals surface area contributed by atoms with E-state index in [4.69, 9.17) is 20.3 Å². The minimum Gasteiger partial charge on any atom is -0.457 e. The fraction of sp³-hybridized carbons (Fsp3) is 0.419. The van der Waals surface area contributed by atoms with Crippen LogP contribution in [-0.2, 0) is 9.53 Å². The molecule has 2 unspecified atom stereocenters. The number of hydrogen-bond donors (Lipinski definition) is 2. The van der Waals surface area contributed by atoms with Gasteiger partial charge >= 0.3 is 0 Å². The number of carbonyl (C=O) groups is 1. The molecule has 1 amide bonds. The number of nitrogens with one attached hydrogen (secondary N) is 1. The summed E-state index contributed by atoms with van der Waals surface area (Å²) >= 11 is 0. The van der Waals surface area contributed by atoms with E-state index in [1.807, 2.05) is 66.0 Å². The van der Waals surface area contributed by atoms with Crippen molar-refractivity contribution >= 4 is 22.8 Å². The summed E-state index contributed by atoms with van der Waals surface area (Å²) in [6.07, 6.45) is 12.1. The van der Waals surface area contributed by atoms with Crippen LogP contribution in [0.1, 0.15) is 38.6 Å². The van der Waals surface area contributed by atoms with Crippen molar-refractivity contribution in [3.63, 3.8) is 0 Å². The normalized spacial score (nSPS) is 16.8. The predicted octanol–water partition coefficient (Wildman–Crippen LogP) is 4.53. The van der Waals surface area contributed by atoms with Gasteiger partial charge in [0.1, 0.15) is 29.3 Å². The number of nitrogens with zero attached hydrogens (tertiary/aromatic N) is 5. The zero-order chi connectivity index (χ0) is 29.2. The molecular formula is C31H41N7O3. The molecule has 3 heterocycles. The molecule has 1 fully saturated rings. The van der Waals surface area contributed by atoms with Gasteiger partial charge in [0.2, 0.25) is 5.91 Å². The van der Waals surface area contributed by atoms with Crippen molar-refractivity contribution < 1.29 is 14.3 Å². The number of rotatable bonds is 13. The zero-order valence-electron chi connectivity index (χ0n) is 24.3.